The number of nitrogens with two attached hydrogens (primary N) is 1. The number of anilines is 2. The highest BCUT2D eigenvalue weighted by Gasteiger charge is 2.13. The van der Waals surface area contributed by atoms with Crippen molar-refractivity contribution in [3.8, 4) is 0 Å². The van der Waals surface area contributed by atoms with E-state index in [1.807, 2.05) is 62.4 Å². The van der Waals surface area contributed by atoms with E-state index in [-0.39, 0.29) is 11.2 Å². The van der Waals surface area contributed by atoms with Crippen LogP contribution in [0, 0.1) is 6.92 Å². The van der Waals surface area contributed by atoms with Gasteiger partial charge in [0.05, 0.1) is 5.25 Å². The summed E-state index contributed by atoms with van der Waals surface area (Å²) < 4.78 is 0. The number of rotatable bonds is 5. The van der Waals surface area contributed by atoms with E-state index in [0.29, 0.717) is 0 Å². The molecule has 0 aliphatic carbocycles. The Bertz CT molecular complexity index is 593. The highest BCUT2D eigenvalue weighted by atomic mass is 32.2. The van der Waals surface area contributed by atoms with Crippen molar-refractivity contribution in [3.05, 3.63) is 59.7 Å². The molecule has 0 aromatic heterocycles. The Morgan fingerprint density at radius 2 is 1.76 bits per heavy atom. The van der Waals surface area contributed by atoms with Crippen molar-refractivity contribution < 1.29 is 4.79 Å². The van der Waals surface area contributed by atoms with Gasteiger partial charge < -0.3 is 11.1 Å². The van der Waals surface area contributed by atoms with Gasteiger partial charge in [-0.15, -0.1) is 11.8 Å². The topological polar surface area (TPSA) is 55.1 Å². The largest absolute Gasteiger partial charge is 0.399 e. The van der Waals surface area contributed by atoms with Crippen molar-refractivity contribution in [1.29, 1.82) is 0 Å². The van der Waals surface area contributed by atoms with Gasteiger partial charge in [-0.25, -0.2) is 0 Å². The summed E-state index contributed by atoms with van der Waals surface area (Å²) in [5.41, 5.74) is 9.60. The molecule has 0 heterocycles. The van der Waals surface area contributed by atoms with Crippen LogP contribution in [0.1, 0.15) is 18.1 Å². The molecular formula is C17H20N2OS. The molecule has 0 radical (unpaired) electrons. The number of benzene rings is 2. The third-order valence-corrected chi connectivity index (χ3v) is 4.38. The number of carbonyl (C=O) groups is 1. The van der Waals surface area contributed by atoms with Crippen LogP contribution in [0.25, 0.3) is 0 Å². The molecule has 0 aliphatic rings. The summed E-state index contributed by atoms with van der Waals surface area (Å²) in [5, 5.41) is 2.83. The molecule has 0 saturated carbocycles. The molecule has 2 aromatic carbocycles. The third-order valence-electron chi connectivity index (χ3n) is 3.17. The Hall–Kier alpha value is -1.94. The van der Waals surface area contributed by atoms with Crippen molar-refractivity contribution in [1.82, 2.24) is 0 Å². The Morgan fingerprint density at radius 1 is 1.14 bits per heavy atom. The van der Waals surface area contributed by atoms with Crippen LogP contribution in [-0.2, 0) is 10.5 Å². The van der Waals surface area contributed by atoms with Gasteiger partial charge in [0.25, 0.3) is 0 Å². The normalized spacial score (nSPS) is 11.9. The highest BCUT2D eigenvalue weighted by Crippen LogP contribution is 2.20. The van der Waals surface area contributed by atoms with Gasteiger partial charge in [0.2, 0.25) is 5.91 Å². The first-order valence-electron chi connectivity index (χ1n) is 6.88. The summed E-state index contributed by atoms with van der Waals surface area (Å²) >= 11 is 1.61. The van der Waals surface area contributed by atoms with Gasteiger partial charge in [-0.3, -0.25) is 4.79 Å². The zero-order chi connectivity index (χ0) is 15.2. The average Bonchev–Trinajstić information content (AvgIpc) is 2.48. The molecule has 1 unspecified atom stereocenters. The van der Waals surface area contributed by atoms with E-state index in [1.165, 1.54) is 11.1 Å². The molecule has 4 heteroatoms. The lowest BCUT2D eigenvalue weighted by atomic mass is 10.2. The fourth-order valence-electron chi connectivity index (χ4n) is 1.79. The second-order valence-corrected chi connectivity index (χ2v) is 6.38. The molecule has 0 bridgehead atoms. The molecular weight excluding hydrogens is 280 g/mol. The van der Waals surface area contributed by atoms with Crippen LogP contribution in [0.4, 0.5) is 11.4 Å². The van der Waals surface area contributed by atoms with Crippen LogP contribution in [0.5, 0.6) is 0 Å². The predicted octanol–water partition coefficient (Wildman–Crippen LogP) is 3.84. The van der Waals surface area contributed by atoms with E-state index in [1.54, 1.807) is 11.8 Å². The van der Waals surface area contributed by atoms with Crippen LogP contribution in [0.15, 0.2) is 48.5 Å². The van der Waals surface area contributed by atoms with Gasteiger partial charge in [0.1, 0.15) is 0 Å². The van der Waals surface area contributed by atoms with Gasteiger partial charge in [-0.2, -0.15) is 0 Å². The second-order valence-electron chi connectivity index (χ2n) is 5.05. The lowest BCUT2D eigenvalue weighted by molar-refractivity contribution is -0.115. The quantitative estimate of drug-likeness (QED) is 0.825. The molecule has 3 N–H and O–H groups in total. The van der Waals surface area contributed by atoms with Gasteiger partial charge in [-0.05, 0) is 43.7 Å². The van der Waals surface area contributed by atoms with E-state index >= 15 is 0 Å². The maximum atomic E-state index is 12.1. The highest BCUT2D eigenvalue weighted by molar-refractivity contribution is 7.99. The average molecular weight is 300 g/mol. The predicted molar refractivity (Wildman–Crippen MR) is 91.4 cm³/mol. The summed E-state index contributed by atoms with van der Waals surface area (Å²) in [6.07, 6.45) is 0. The van der Waals surface area contributed by atoms with Crippen LogP contribution in [-0.4, -0.2) is 11.2 Å². The lowest BCUT2D eigenvalue weighted by Crippen LogP contribution is -2.22. The van der Waals surface area contributed by atoms with Crippen molar-refractivity contribution in [2.24, 2.45) is 0 Å². The first kappa shape index (κ1) is 15.4. The second kappa shape index (κ2) is 7.18. The molecule has 0 saturated heterocycles. The molecule has 2 rings (SSSR count). The number of amides is 1. The van der Waals surface area contributed by atoms with E-state index in [2.05, 4.69) is 5.32 Å². The minimum atomic E-state index is -0.108. The van der Waals surface area contributed by atoms with Gasteiger partial charge in [-0.1, -0.05) is 29.8 Å². The molecule has 110 valence electrons. The van der Waals surface area contributed by atoms with Crippen molar-refractivity contribution in [2.45, 2.75) is 24.9 Å². The maximum Gasteiger partial charge on any atom is 0.237 e. The summed E-state index contributed by atoms with van der Waals surface area (Å²) in [4.78, 5) is 12.1. The lowest BCUT2D eigenvalue weighted by Gasteiger charge is -2.12. The third kappa shape index (κ3) is 4.83. The number of nitrogen functional groups attached to an aromatic ring is 1. The van der Waals surface area contributed by atoms with Crippen LogP contribution >= 0.6 is 11.8 Å². The fraction of sp³-hybridized carbons (Fsp3) is 0.235. The minimum absolute atomic E-state index is 0.0271. The first-order valence-corrected chi connectivity index (χ1v) is 7.93. The summed E-state index contributed by atoms with van der Waals surface area (Å²) in [7, 11) is 0. The number of hydrogen-bond donors (Lipinski definition) is 2. The molecule has 1 atom stereocenters. The summed E-state index contributed by atoms with van der Waals surface area (Å²) in [5.74, 6) is 0.822. The molecule has 0 fully saturated rings. The SMILES string of the molecule is Cc1ccc(NC(=O)C(C)SCc2ccc(N)cc2)cc1. The summed E-state index contributed by atoms with van der Waals surface area (Å²) in [6, 6.07) is 15.6. The number of carbonyl (C=O) groups excluding carboxylic acids is 1. The maximum absolute atomic E-state index is 12.1. The zero-order valence-electron chi connectivity index (χ0n) is 12.3. The van der Waals surface area contributed by atoms with E-state index in [4.69, 9.17) is 5.73 Å². The molecule has 0 spiro atoms. The van der Waals surface area contributed by atoms with Gasteiger partial charge in [0, 0.05) is 17.1 Å². The van der Waals surface area contributed by atoms with Gasteiger partial charge >= 0.3 is 0 Å². The molecule has 2 aromatic rings. The van der Waals surface area contributed by atoms with E-state index < -0.39 is 0 Å². The van der Waals surface area contributed by atoms with Crippen molar-refractivity contribution >= 4 is 29.0 Å². The van der Waals surface area contributed by atoms with Crippen molar-refractivity contribution in [3.63, 3.8) is 0 Å². The first-order chi connectivity index (χ1) is 10.0. The number of thioether (sulfide) groups is 1. The Labute approximate surface area is 129 Å². The zero-order valence-corrected chi connectivity index (χ0v) is 13.1. The molecule has 3 nitrogen and oxygen atoms in total. The number of nitrogens with one attached hydrogen (secondary N) is 1. The summed E-state index contributed by atoms with van der Waals surface area (Å²) in [6.45, 7) is 3.95. The smallest absolute Gasteiger partial charge is 0.237 e. The number of hydrogen-bond acceptors (Lipinski definition) is 3. The number of aryl methyl sites for hydroxylation is 1. The van der Waals surface area contributed by atoms with Crippen LogP contribution in [0.3, 0.4) is 0 Å². The van der Waals surface area contributed by atoms with Crippen LogP contribution < -0.4 is 11.1 Å². The van der Waals surface area contributed by atoms with E-state index in [0.717, 1.165) is 17.1 Å². The fourth-order valence-corrected chi connectivity index (χ4v) is 2.64. The minimum Gasteiger partial charge on any atom is -0.399 e. The monoisotopic (exact) mass is 300 g/mol. The van der Waals surface area contributed by atoms with E-state index in [9.17, 15) is 4.79 Å². The van der Waals surface area contributed by atoms with Gasteiger partial charge in [0.15, 0.2) is 0 Å². The van der Waals surface area contributed by atoms with Crippen LogP contribution in [0.2, 0.25) is 0 Å². The Morgan fingerprint density at radius 3 is 2.38 bits per heavy atom. The molecule has 21 heavy (non-hydrogen) atoms. The Kier molecular flexibility index (Phi) is 5.28. The molecule has 1 amide bonds. The van der Waals surface area contributed by atoms with Crippen molar-refractivity contribution in [2.75, 3.05) is 11.1 Å². The standard InChI is InChI=1S/C17H20N2OS/c1-12-3-9-16(10-4-12)19-17(20)13(2)21-11-14-5-7-15(18)8-6-14/h3-10,13H,11,18H2,1-2H3,(H,19,20). The molecule has 0 aliphatic heterocycles. The Balaban J connectivity index is 1.84.